The molecule has 3 aliphatic rings. The Morgan fingerprint density at radius 2 is 2.06 bits per heavy atom. The highest BCUT2D eigenvalue weighted by Crippen LogP contribution is 2.50. The predicted octanol–water partition coefficient (Wildman–Crippen LogP) is 4.07. The first-order valence-corrected chi connectivity index (χ1v) is 11.1. The Labute approximate surface area is 192 Å². The Balaban J connectivity index is 1.58. The smallest absolute Gasteiger partial charge is 0.221 e. The van der Waals surface area contributed by atoms with Crippen molar-refractivity contribution in [3.05, 3.63) is 53.3 Å². The van der Waals surface area contributed by atoms with Crippen molar-refractivity contribution >= 4 is 5.96 Å². The zero-order valence-corrected chi connectivity index (χ0v) is 19.0. The van der Waals surface area contributed by atoms with Gasteiger partial charge in [0, 0.05) is 31.6 Å². The SMILES string of the molecule is CN1OC2(C[C@@H](C3CCOC(C)(C)C3)Oc3ccc(-c4cccc(C#N)c4F)cc32)N=C1N. The van der Waals surface area contributed by atoms with Crippen LogP contribution in [0.2, 0.25) is 0 Å². The van der Waals surface area contributed by atoms with E-state index in [4.69, 9.17) is 25.0 Å². The fraction of sp³-hybridized carbons (Fsp3) is 0.440. The van der Waals surface area contributed by atoms with E-state index in [2.05, 4.69) is 13.8 Å². The maximum absolute atomic E-state index is 14.9. The van der Waals surface area contributed by atoms with Gasteiger partial charge < -0.3 is 15.2 Å². The number of hydroxylamine groups is 2. The van der Waals surface area contributed by atoms with Crippen molar-refractivity contribution in [3.63, 3.8) is 0 Å². The predicted molar refractivity (Wildman–Crippen MR) is 120 cm³/mol. The number of guanidine groups is 1. The van der Waals surface area contributed by atoms with Crippen LogP contribution in [-0.2, 0) is 15.3 Å². The van der Waals surface area contributed by atoms with Crippen molar-refractivity contribution in [1.82, 2.24) is 5.06 Å². The third kappa shape index (κ3) is 3.71. The lowest BCUT2D eigenvalue weighted by atomic mass is 9.79. The molecule has 1 spiro atoms. The number of hydrogen-bond acceptors (Lipinski definition) is 7. The minimum absolute atomic E-state index is 0.00232. The van der Waals surface area contributed by atoms with Gasteiger partial charge in [-0.2, -0.15) is 5.26 Å². The molecule has 0 saturated carbocycles. The maximum atomic E-state index is 14.9. The average Bonchev–Trinajstić information content (AvgIpc) is 3.06. The molecule has 8 heteroatoms. The summed E-state index contributed by atoms with van der Waals surface area (Å²) in [4.78, 5) is 10.9. The van der Waals surface area contributed by atoms with Gasteiger partial charge in [-0.25, -0.2) is 19.3 Å². The molecule has 0 aliphatic carbocycles. The summed E-state index contributed by atoms with van der Waals surface area (Å²) in [5, 5.41) is 10.7. The molecular formula is C25H27FN4O3. The fourth-order valence-electron chi connectivity index (χ4n) is 5.13. The zero-order valence-electron chi connectivity index (χ0n) is 19.0. The van der Waals surface area contributed by atoms with Gasteiger partial charge in [0.1, 0.15) is 23.7 Å². The molecule has 3 heterocycles. The van der Waals surface area contributed by atoms with Crippen molar-refractivity contribution < 1.29 is 18.7 Å². The van der Waals surface area contributed by atoms with E-state index >= 15 is 0 Å². The molecule has 0 amide bonds. The number of nitrogens with zero attached hydrogens (tertiary/aromatic N) is 3. The molecule has 2 aromatic carbocycles. The van der Waals surface area contributed by atoms with Crippen LogP contribution in [0.15, 0.2) is 41.4 Å². The first kappa shape index (κ1) is 21.7. The minimum Gasteiger partial charge on any atom is -0.489 e. The molecule has 2 N–H and O–H groups in total. The molecule has 1 fully saturated rings. The van der Waals surface area contributed by atoms with E-state index in [0.29, 0.717) is 35.5 Å². The second-order valence-electron chi connectivity index (χ2n) is 9.55. The van der Waals surface area contributed by atoms with Crippen LogP contribution in [0.25, 0.3) is 11.1 Å². The van der Waals surface area contributed by atoms with Gasteiger partial charge in [-0.15, -0.1) is 0 Å². The van der Waals surface area contributed by atoms with Gasteiger partial charge in [-0.1, -0.05) is 18.2 Å². The number of rotatable bonds is 2. The monoisotopic (exact) mass is 450 g/mol. The number of ether oxygens (including phenoxy) is 2. The van der Waals surface area contributed by atoms with Crippen molar-refractivity contribution in [2.24, 2.45) is 16.6 Å². The highest BCUT2D eigenvalue weighted by molar-refractivity contribution is 5.79. The Morgan fingerprint density at radius 3 is 2.76 bits per heavy atom. The van der Waals surface area contributed by atoms with Gasteiger partial charge >= 0.3 is 0 Å². The molecule has 0 bridgehead atoms. The number of fused-ring (bicyclic) bond motifs is 2. The second-order valence-corrected chi connectivity index (χ2v) is 9.55. The van der Waals surface area contributed by atoms with E-state index in [9.17, 15) is 9.65 Å². The van der Waals surface area contributed by atoms with Gasteiger partial charge in [-0.3, -0.25) is 0 Å². The van der Waals surface area contributed by atoms with Crippen molar-refractivity contribution in [2.75, 3.05) is 13.7 Å². The minimum atomic E-state index is -1.06. The number of hydrogen-bond donors (Lipinski definition) is 1. The van der Waals surface area contributed by atoms with Crippen LogP contribution < -0.4 is 10.5 Å². The molecule has 172 valence electrons. The van der Waals surface area contributed by atoms with Crippen LogP contribution in [0, 0.1) is 23.1 Å². The molecule has 0 aromatic heterocycles. The van der Waals surface area contributed by atoms with Gasteiger partial charge in [-0.05, 0) is 50.5 Å². The topological polar surface area (TPSA) is 93.1 Å². The Hall–Kier alpha value is -3.15. The van der Waals surface area contributed by atoms with Crippen LogP contribution in [0.3, 0.4) is 0 Å². The van der Waals surface area contributed by atoms with Crippen LogP contribution in [-0.4, -0.2) is 36.4 Å². The van der Waals surface area contributed by atoms with E-state index in [1.807, 2.05) is 18.2 Å². The van der Waals surface area contributed by atoms with Gasteiger partial charge in [0.25, 0.3) is 0 Å². The van der Waals surface area contributed by atoms with E-state index in [-0.39, 0.29) is 29.1 Å². The molecule has 1 saturated heterocycles. The van der Waals surface area contributed by atoms with Gasteiger partial charge in [0.05, 0.1) is 16.7 Å². The third-order valence-corrected chi connectivity index (χ3v) is 6.75. The molecule has 5 rings (SSSR count). The first-order chi connectivity index (χ1) is 15.7. The summed E-state index contributed by atoms with van der Waals surface area (Å²) in [7, 11) is 1.72. The Bertz CT molecular complexity index is 1170. The quantitative estimate of drug-likeness (QED) is 0.742. The number of halogens is 1. The highest BCUT2D eigenvalue weighted by Gasteiger charge is 2.51. The highest BCUT2D eigenvalue weighted by atomic mass is 19.1. The maximum Gasteiger partial charge on any atom is 0.221 e. The molecule has 2 aromatic rings. The molecule has 2 unspecified atom stereocenters. The van der Waals surface area contributed by atoms with Gasteiger partial charge in [0.2, 0.25) is 11.7 Å². The van der Waals surface area contributed by atoms with Gasteiger partial charge in [0.15, 0.2) is 0 Å². The van der Waals surface area contributed by atoms with Crippen LogP contribution in [0.1, 0.15) is 44.2 Å². The average molecular weight is 451 g/mol. The zero-order chi connectivity index (χ0) is 23.4. The van der Waals surface area contributed by atoms with Crippen molar-refractivity contribution in [2.45, 2.75) is 50.5 Å². The lowest BCUT2D eigenvalue weighted by Gasteiger charge is -2.44. The fourth-order valence-corrected chi connectivity index (χ4v) is 5.13. The van der Waals surface area contributed by atoms with Crippen LogP contribution in [0.4, 0.5) is 4.39 Å². The lowest BCUT2D eigenvalue weighted by Crippen LogP contribution is -2.46. The van der Waals surface area contributed by atoms with Crippen molar-refractivity contribution in [3.8, 4) is 22.9 Å². The molecule has 3 atom stereocenters. The number of benzene rings is 2. The summed E-state index contributed by atoms with van der Waals surface area (Å²) in [6.07, 6.45) is 2.10. The largest absolute Gasteiger partial charge is 0.489 e. The van der Waals surface area contributed by atoms with E-state index < -0.39 is 11.5 Å². The molecule has 33 heavy (non-hydrogen) atoms. The summed E-state index contributed by atoms with van der Waals surface area (Å²) < 4.78 is 27.3. The second kappa shape index (κ2) is 7.72. The van der Waals surface area contributed by atoms with Crippen molar-refractivity contribution in [1.29, 1.82) is 5.26 Å². The Morgan fingerprint density at radius 1 is 1.24 bits per heavy atom. The molecule has 0 radical (unpaired) electrons. The summed E-state index contributed by atoms with van der Waals surface area (Å²) in [5.74, 6) is 0.634. The van der Waals surface area contributed by atoms with Crippen LogP contribution >= 0.6 is 0 Å². The summed E-state index contributed by atoms with van der Waals surface area (Å²) in [6, 6.07) is 12.1. The van der Waals surface area contributed by atoms with Crippen LogP contribution in [0.5, 0.6) is 5.75 Å². The van der Waals surface area contributed by atoms with E-state index in [0.717, 1.165) is 12.8 Å². The lowest BCUT2D eigenvalue weighted by molar-refractivity contribution is -0.198. The standard InChI is InChI=1S/C25H27FN4O3/c1-24(2)12-16(9-10-31-24)21-13-25(29-23(28)30(3)33-25)19-11-15(7-8-20(19)32-21)18-6-4-5-17(14-27)22(18)26/h4-8,11,16,21H,9-10,12-13H2,1-3H3,(H2,28,29)/t16?,21-,25?/m0/s1. The number of aliphatic imine (C=N–C) groups is 1. The normalized spacial score (nSPS) is 28.1. The first-order valence-electron chi connectivity index (χ1n) is 11.1. The summed E-state index contributed by atoms with van der Waals surface area (Å²) in [6.45, 7) is 4.87. The number of nitriles is 1. The van der Waals surface area contributed by atoms with E-state index in [1.165, 1.54) is 11.1 Å². The Kier molecular flexibility index (Phi) is 5.07. The third-order valence-electron chi connectivity index (χ3n) is 6.75. The summed E-state index contributed by atoms with van der Waals surface area (Å²) >= 11 is 0. The van der Waals surface area contributed by atoms with E-state index in [1.54, 1.807) is 25.2 Å². The summed E-state index contributed by atoms with van der Waals surface area (Å²) in [5.41, 5.74) is 6.48. The molecular weight excluding hydrogens is 423 g/mol. The molecule has 7 nitrogen and oxygen atoms in total. The number of nitrogens with two attached hydrogens (primary N) is 1. The molecule has 3 aliphatic heterocycles.